The molecule has 0 saturated carbocycles. The summed E-state index contributed by atoms with van der Waals surface area (Å²) in [6, 6.07) is 4.16. The fourth-order valence-corrected chi connectivity index (χ4v) is 2.30. The first kappa shape index (κ1) is 13.8. The number of aryl methyl sites for hydroxylation is 2. The highest BCUT2D eigenvalue weighted by Gasteiger charge is 2.15. The van der Waals surface area contributed by atoms with E-state index in [1.54, 1.807) is 14.2 Å². The molecule has 1 aromatic rings. The smallest absolute Gasteiger partial charge is 0.173 e. The van der Waals surface area contributed by atoms with Gasteiger partial charge in [0.15, 0.2) is 6.29 Å². The Hall–Kier alpha value is -1.64. The van der Waals surface area contributed by atoms with E-state index in [0.29, 0.717) is 17.9 Å². The first-order valence-corrected chi connectivity index (χ1v) is 6.50. The standard InChI is InChI=1S/C14H19N3O2/c1-18-13(19-2)9-16-14-11(8-15)7-10-5-3-4-6-12(10)17-14/h7,13H,3-6,9H2,1-2H3,(H,16,17). The molecule has 0 fully saturated rings. The largest absolute Gasteiger partial charge is 0.364 e. The predicted molar refractivity (Wildman–Crippen MR) is 71.9 cm³/mol. The van der Waals surface area contributed by atoms with Crippen molar-refractivity contribution in [3.05, 3.63) is 22.9 Å². The van der Waals surface area contributed by atoms with Gasteiger partial charge >= 0.3 is 0 Å². The molecule has 0 saturated heterocycles. The fraction of sp³-hybridized carbons (Fsp3) is 0.571. The van der Waals surface area contributed by atoms with Gasteiger partial charge in [-0.1, -0.05) is 0 Å². The van der Waals surface area contributed by atoms with Crippen LogP contribution in [0.4, 0.5) is 5.82 Å². The van der Waals surface area contributed by atoms with Crippen LogP contribution in [0.3, 0.4) is 0 Å². The maximum atomic E-state index is 9.21. The fourth-order valence-electron chi connectivity index (χ4n) is 2.30. The highest BCUT2D eigenvalue weighted by Crippen LogP contribution is 2.24. The molecule has 102 valence electrons. The number of nitrogens with one attached hydrogen (secondary N) is 1. The van der Waals surface area contributed by atoms with E-state index in [-0.39, 0.29) is 6.29 Å². The van der Waals surface area contributed by atoms with Crippen molar-refractivity contribution in [2.45, 2.75) is 32.0 Å². The lowest BCUT2D eigenvalue weighted by Crippen LogP contribution is -2.24. The summed E-state index contributed by atoms with van der Waals surface area (Å²) in [7, 11) is 3.17. The first-order valence-electron chi connectivity index (χ1n) is 6.50. The van der Waals surface area contributed by atoms with Gasteiger partial charge in [0, 0.05) is 19.9 Å². The van der Waals surface area contributed by atoms with Crippen LogP contribution in [0.5, 0.6) is 0 Å². The molecule has 2 rings (SSSR count). The Kier molecular flexibility index (Phi) is 4.72. The topological polar surface area (TPSA) is 67.2 Å². The number of ether oxygens (including phenoxy) is 2. The second-order valence-electron chi connectivity index (χ2n) is 4.59. The number of pyridine rings is 1. The van der Waals surface area contributed by atoms with Crippen molar-refractivity contribution < 1.29 is 9.47 Å². The summed E-state index contributed by atoms with van der Waals surface area (Å²) >= 11 is 0. The van der Waals surface area contributed by atoms with Crippen LogP contribution in [0.15, 0.2) is 6.07 Å². The van der Waals surface area contributed by atoms with E-state index in [1.165, 1.54) is 18.4 Å². The molecule has 5 nitrogen and oxygen atoms in total. The predicted octanol–water partition coefficient (Wildman–Crippen LogP) is 1.86. The van der Waals surface area contributed by atoms with Crippen LogP contribution >= 0.6 is 0 Å². The second kappa shape index (κ2) is 6.50. The van der Waals surface area contributed by atoms with Crippen LogP contribution in [0, 0.1) is 11.3 Å². The molecule has 0 unspecified atom stereocenters. The van der Waals surface area contributed by atoms with Crippen LogP contribution < -0.4 is 5.32 Å². The van der Waals surface area contributed by atoms with E-state index in [9.17, 15) is 5.26 Å². The molecule has 0 aliphatic heterocycles. The number of rotatable bonds is 5. The zero-order valence-corrected chi connectivity index (χ0v) is 11.4. The van der Waals surface area contributed by atoms with Gasteiger partial charge in [-0.15, -0.1) is 0 Å². The Morgan fingerprint density at radius 3 is 2.79 bits per heavy atom. The lowest BCUT2D eigenvalue weighted by Gasteiger charge is -2.19. The summed E-state index contributed by atoms with van der Waals surface area (Å²) in [6.45, 7) is 0.466. The molecule has 0 atom stereocenters. The van der Waals surface area contributed by atoms with Crippen LogP contribution in [0.1, 0.15) is 29.7 Å². The zero-order chi connectivity index (χ0) is 13.7. The Morgan fingerprint density at radius 1 is 1.37 bits per heavy atom. The quantitative estimate of drug-likeness (QED) is 0.819. The van der Waals surface area contributed by atoms with Crippen molar-refractivity contribution in [2.24, 2.45) is 0 Å². The maximum absolute atomic E-state index is 9.21. The van der Waals surface area contributed by atoms with Crippen LogP contribution in [-0.2, 0) is 22.3 Å². The van der Waals surface area contributed by atoms with Gasteiger partial charge in [-0.05, 0) is 37.3 Å². The summed E-state index contributed by atoms with van der Waals surface area (Å²) in [5, 5.41) is 12.3. The van der Waals surface area contributed by atoms with E-state index < -0.39 is 0 Å². The van der Waals surface area contributed by atoms with Crippen molar-refractivity contribution in [1.29, 1.82) is 5.26 Å². The summed E-state index contributed by atoms with van der Waals surface area (Å²) < 4.78 is 10.2. The first-order chi connectivity index (χ1) is 9.28. The monoisotopic (exact) mass is 261 g/mol. The van der Waals surface area contributed by atoms with E-state index in [0.717, 1.165) is 18.5 Å². The molecule has 0 radical (unpaired) electrons. The SMILES string of the molecule is COC(CNc1nc2c(cc1C#N)CCCC2)OC. The van der Waals surface area contributed by atoms with Gasteiger partial charge in [-0.2, -0.15) is 5.26 Å². The van der Waals surface area contributed by atoms with Crippen molar-refractivity contribution in [3.8, 4) is 6.07 Å². The molecule has 1 aliphatic carbocycles. The molecule has 1 aliphatic rings. The Morgan fingerprint density at radius 2 is 2.11 bits per heavy atom. The Labute approximate surface area is 113 Å². The molecule has 1 N–H and O–H groups in total. The third-order valence-electron chi connectivity index (χ3n) is 3.38. The van der Waals surface area contributed by atoms with Gasteiger partial charge in [0.2, 0.25) is 0 Å². The zero-order valence-electron chi connectivity index (χ0n) is 11.4. The maximum Gasteiger partial charge on any atom is 0.173 e. The molecular weight excluding hydrogens is 242 g/mol. The number of hydrogen-bond donors (Lipinski definition) is 1. The number of fused-ring (bicyclic) bond motifs is 1. The van der Waals surface area contributed by atoms with E-state index in [4.69, 9.17) is 9.47 Å². The molecule has 0 spiro atoms. The minimum absolute atomic E-state index is 0.343. The lowest BCUT2D eigenvalue weighted by molar-refractivity contribution is -0.0914. The molecule has 5 heteroatoms. The third kappa shape index (κ3) is 3.22. The highest BCUT2D eigenvalue weighted by molar-refractivity contribution is 5.54. The number of nitrogens with zero attached hydrogens (tertiary/aromatic N) is 2. The Balaban J connectivity index is 2.17. The summed E-state index contributed by atoms with van der Waals surface area (Å²) in [5.41, 5.74) is 2.91. The van der Waals surface area contributed by atoms with Crippen LogP contribution in [0.2, 0.25) is 0 Å². The molecule has 1 heterocycles. The van der Waals surface area contributed by atoms with Crippen molar-refractivity contribution in [3.63, 3.8) is 0 Å². The van der Waals surface area contributed by atoms with Crippen molar-refractivity contribution in [2.75, 3.05) is 26.1 Å². The lowest BCUT2D eigenvalue weighted by atomic mass is 9.95. The average molecular weight is 261 g/mol. The van der Waals surface area contributed by atoms with E-state index in [1.807, 2.05) is 6.07 Å². The van der Waals surface area contributed by atoms with Gasteiger partial charge in [0.05, 0.1) is 12.1 Å². The summed E-state index contributed by atoms with van der Waals surface area (Å²) in [4.78, 5) is 4.58. The molecule has 19 heavy (non-hydrogen) atoms. The van der Waals surface area contributed by atoms with Gasteiger partial charge in [0.1, 0.15) is 11.9 Å². The third-order valence-corrected chi connectivity index (χ3v) is 3.38. The van der Waals surface area contributed by atoms with Gasteiger partial charge < -0.3 is 14.8 Å². The number of aromatic nitrogens is 1. The van der Waals surface area contributed by atoms with E-state index >= 15 is 0 Å². The van der Waals surface area contributed by atoms with Crippen molar-refractivity contribution >= 4 is 5.82 Å². The Bertz CT molecular complexity index is 478. The number of nitriles is 1. The summed E-state index contributed by atoms with van der Waals surface area (Å²) in [6.07, 6.45) is 4.03. The molecule has 0 amide bonds. The summed E-state index contributed by atoms with van der Waals surface area (Å²) in [5.74, 6) is 0.627. The minimum atomic E-state index is -0.343. The van der Waals surface area contributed by atoms with Crippen molar-refractivity contribution in [1.82, 2.24) is 4.98 Å². The average Bonchev–Trinajstić information content (AvgIpc) is 2.47. The molecule has 0 bridgehead atoms. The van der Waals surface area contributed by atoms with Gasteiger partial charge in [0.25, 0.3) is 0 Å². The number of anilines is 1. The van der Waals surface area contributed by atoms with Crippen LogP contribution in [-0.4, -0.2) is 32.0 Å². The van der Waals surface area contributed by atoms with Gasteiger partial charge in [-0.3, -0.25) is 0 Å². The molecular formula is C14H19N3O2. The van der Waals surface area contributed by atoms with E-state index in [2.05, 4.69) is 16.4 Å². The van der Waals surface area contributed by atoms with Gasteiger partial charge in [-0.25, -0.2) is 4.98 Å². The minimum Gasteiger partial charge on any atom is -0.364 e. The number of hydrogen-bond acceptors (Lipinski definition) is 5. The number of methoxy groups -OCH3 is 2. The highest BCUT2D eigenvalue weighted by atomic mass is 16.7. The molecule has 1 aromatic heterocycles. The van der Waals surface area contributed by atoms with Crippen LogP contribution in [0.25, 0.3) is 0 Å². The second-order valence-corrected chi connectivity index (χ2v) is 4.59. The normalized spacial score (nSPS) is 14.0. The molecule has 0 aromatic carbocycles.